The second-order valence-electron chi connectivity index (χ2n) is 8.95. The highest BCUT2D eigenvalue weighted by atomic mass is 32.2. The Bertz CT molecular complexity index is 1530. The molecule has 5 heterocycles. The van der Waals surface area contributed by atoms with Crippen LogP contribution in [0.3, 0.4) is 0 Å². The van der Waals surface area contributed by atoms with E-state index in [0.717, 1.165) is 11.3 Å². The lowest BCUT2D eigenvalue weighted by Gasteiger charge is -2.49. The van der Waals surface area contributed by atoms with E-state index in [1.165, 1.54) is 35.5 Å². The Morgan fingerprint density at radius 2 is 2.17 bits per heavy atom. The van der Waals surface area contributed by atoms with Gasteiger partial charge in [0.25, 0.3) is 17.8 Å². The Hall–Kier alpha value is -4.10. The molecule has 1 fully saturated rings. The average molecular weight is 620 g/mol. The van der Waals surface area contributed by atoms with Crippen LogP contribution in [0.5, 0.6) is 0 Å². The van der Waals surface area contributed by atoms with Gasteiger partial charge in [0.2, 0.25) is 5.16 Å². The molecule has 216 valence electrons. The number of nitrogens with one attached hydrogen (secondary N) is 2. The Morgan fingerprint density at radius 3 is 2.80 bits per heavy atom. The quantitative estimate of drug-likeness (QED) is 0.0989. The zero-order valence-corrected chi connectivity index (χ0v) is 24.4. The summed E-state index contributed by atoms with van der Waals surface area (Å²) in [6.45, 7) is 3.93. The van der Waals surface area contributed by atoms with E-state index < -0.39 is 29.2 Å². The maximum absolute atomic E-state index is 13.1. The Labute approximate surface area is 245 Å². The van der Waals surface area contributed by atoms with Crippen LogP contribution < -0.4 is 16.5 Å². The summed E-state index contributed by atoms with van der Waals surface area (Å²) in [4.78, 5) is 48.5. The van der Waals surface area contributed by atoms with Crippen molar-refractivity contribution in [2.24, 2.45) is 5.16 Å². The molecule has 16 nitrogen and oxygen atoms in total. The topological polar surface area (TPSA) is 208 Å². The molecule has 5 N–H and O–H groups in total. The van der Waals surface area contributed by atoms with Crippen LogP contribution in [0.25, 0.3) is 5.95 Å². The molecule has 5 rings (SSSR count). The molecule has 0 saturated carbocycles. The van der Waals surface area contributed by atoms with Gasteiger partial charge in [-0.3, -0.25) is 14.5 Å². The molecule has 19 heteroatoms. The Balaban J connectivity index is 1.32. The van der Waals surface area contributed by atoms with Gasteiger partial charge in [-0.2, -0.15) is 9.77 Å². The zero-order valence-electron chi connectivity index (χ0n) is 21.9. The first-order valence-electron chi connectivity index (χ1n) is 12.1. The summed E-state index contributed by atoms with van der Waals surface area (Å²) in [5.74, 6) is -1.45. The summed E-state index contributed by atoms with van der Waals surface area (Å²) >= 11 is 3.76. The number of thiazole rings is 1. The lowest BCUT2D eigenvalue weighted by molar-refractivity contribution is -0.150. The molecule has 2 aliphatic rings. The van der Waals surface area contributed by atoms with Crippen LogP contribution in [-0.2, 0) is 19.2 Å². The number of carboxylic acids is 1. The number of aliphatic carboxylic acids is 1. The third-order valence-electron chi connectivity index (χ3n) is 5.79. The summed E-state index contributed by atoms with van der Waals surface area (Å²) in [7, 11) is 1.28. The first-order valence-corrected chi connectivity index (χ1v) is 15.0. The highest BCUT2D eigenvalue weighted by Gasteiger charge is 2.54. The standard InChI is InChI=1S/C22H25N11O5S3/c1-10(2)29-33-21(31-6-4-5-24-31)27-28-22(33)41-8-11-7-39-18-14(17(35)32(18)15(11)19(36)37)26-16(34)13(30-38-3)12-9-40-20(23)25-12/h4-6,9-10,14,18,29H,7-8H2,1-3H3,(H2,23,25)(H,26,34)(H,36,37)/t14?,18-/m0/s1. The van der Waals surface area contributed by atoms with Gasteiger partial charge >= 0.3 is 5.97 Å². The molecular weight excluding hydrogens is 595 g/mol. The molecule has 2 amide bonds. The minimum absolute atomic E-state index is 0.0487. The fraction of sp³-hybridized carbons (Fsp3) is 0.364. The molecule has 1 unspecified atom stereocenters. The number of aromatic nitrogens is 6. The van der Waals surface area contributed by atoms with E-state index in [0.29, 0.717) is 22.4 Å². The highest BCUT2D eigenvalue weighted by molar-refractivity contribution is 8.01. The molecule has 0 aliphatic carbocycles. The third kappa shape index (κ3) is 5.59. The van der Waals surface area contributed by atoms with Gasteiger partial charge in [-0.1, -0.05) is 16.9 Å². The largest absolute Gasteiger partial charge is 0.477 e. The van der Waals surface area contributed by atoms with Crippen LogP contribution in [0.4, 0.5) is 5.13 Å². The van der Waals surface area contributed by atoms with E-state index in [9.17, 15) is 19.5 Å². The number of anilines is 1. The van der Waals surface area contributed by atoms with Gasteiger partial charge in [-0.05, 0) is 25.5 Å². The van der Waals surface area contributed by atoms with Gasteiger partial charge in [0.05, 0.1) is 0 Å². The number of thioether (sulfide) groups is 2. The van der Waals surface area contributed by atoms with Crippen molar-refractivity contribution in [1.29, 1.82) is 0 Å². The minimum atomic E-state index is -1.23. The molecule has 0 radical (unpaired) electrons. The SMILES string of the molecule is CON=C(C(=O)NC1C(=O)N2C(C(=O)O)=C(CSc3nnc(-n4cccn4)n3NC(C)C)CS[C@@H]12)c1csc(N)n1. The first-order chi connectivity index (χ1) is 19.7. The monoisotopic (exact) mass is 619 g/mol. The number of carbonyl (C=O) groups excluding carboxylic acids is 2. The van der Waals surface area contributed by atoms with Crippen LogP contribution in [0, 0.1) is 0 Å². The van der Waals surface area contributed by atoms with E-state index >= 15 is 0 Å². The summed E-state index contributed by atoms with van der Waals surface area (Å²) in [5, 5.41) is 30.8. The predicted molar refractivity (Wildman–Crippen MR) is 152 cm³/mol. The number of amides is 2. The second kappa shape index (κ2) is 11.8. The minimum Gasteiger partial charge on any atom is -0.477 e. The van der Waals surface area contributed by atoms with Crippen molar-refractivity contribution in [2.75, 3.05) is 29.8 Å². The molecule has 41 heavy (non-hydrogen) atoms. The van der Waals surface area contributed by atoms with Crippen molar-refractivity contribution < 1.29 is 24.3 Å². The maximum atomic E-state index is 13.1. The van der Waals surface area contributed by atoms with E-state index in [-0.39, 0.29) is 34.0 Å². The summed E-state index contributed by atoms with van der Waals surface area (Å²) < 4.78 is 3.26. The van der Waals surface area contributed by atoms with E-state index in [1.54, 1.807) is 33.2 Å². The normalized spacial score (nSPS) is 18.8. The molecule has 2 atom stereocenters. The molecule has 0 spiro atoms. The number of hydrogen-bond donors (Lipinski definition) is 4. The summed E-state index contributed by atoms with van der Waals surface area (Å²) in [6, 6.07) is 0.859. The molecule has 1 saturated heterocycles. The molecule has 0 aromatic carbocycles. The van der Waals surface area contributed by atoms with E-state index in [4.69, 9.17) is 10.6 Å². The average Bonchev–Trinajstić information content (AvgIpc) is 3.70. The van der Waals surface area contributed by atoms with Gasteiger partial charge in [0.15, 0.2) is 10.8 Å². The summed E-state index contributed by atoms with van der Waals surface area (Å²) in [6.07, 6.45) is 3.36. The van der Waals surface area contributed by atoms with Gasteiger partial charge in [-0.25, -0.2) is 14.5 Å². The van der Waals surface area contributed by atoms with Crippen molar-refractivity contribution >= 4 is 63.5 Å². The van der Waals surface area contributed by atoms with Gasteiger partial charge in [0, 0.05) is 35.3 Å². The lowest BCUT2D eigenvalue weighted by Crippen LogP contribution is -2.71. The van der Waals surface area contributed by atoms with Crippen molar-refractivity contribution in [3.05, 3.63) is 40.8 Å². The Kier molecular flexibility index (Phi) is 8.18. The van der Waals surface area contributed by atoms with Gasteiger partial charge < -0.3 is 26.4 Å². The number of nitrogens with two attached hydrogens (primary N) is 1. The maximum Gasteiger partial charge on any atom is 0.352 e. The van der Waals surface area contributed by atoms with Crippen molar-refractivity contribution in [3.8, 4) is 5.95 Å². The van der Waals surface area contributed by atoms with Crippen LogP contribution in [0.2, 0.25) is 0 Å². The number of nitrogen functional groups attached to an aromatic ring is 1. The van der Waals surface area contributed by atoms with E-state index in [1.807, 2.05) is 13.8 Å². The number of hydrogen-bond acceptors (Lipinski definition) is 14. The van der Waals surface area contributed by atoms with Crippen molar-refractivity contribution in [2.45, 2.75) is 36.5 Å². The lowest BCUT2D eigenvalue weighted by atomic mass is 10.0. The predicted octanol–water partition coefficient (Wildman–Crippen LogP) is 0.336. The molecule has 2 aliphatic heterocycles. The highest BCUT2D eigenvalue weighted by Crippen LogP contribution is 2.41. The number of carboxylic acid groups (broad SMARTS) is 1. The number of carbonyl (C=O) groups is 3. The van der Waals surface area contributed by atoms with Crippen molar-refractivity contribution in [3.63, 3.8) is 0 Å². The molecule has 0 bridgehead atoms. The Morgan fingerprint density at radius 1 is 1.37 bits per heavy atom. The summed E-state index contributed by atoms with van der Waals surface area (Å²) in [5.41, 5.74) is 9.42. The van der Waals surface area contributed by atoms with Gasteiger partial charge in [0.1, 0.15) is 29.9 Å². The molecular formula is C22H25N11O5S3. The molecule has 3 aromatic heterocycles. The number of oxime groups is 1. The third-order valence-corrected chi connectivity index (χ3v) is 8.82. The fourth-order valence-corrected chi connectivity index (χ4v) is 7.04. The van der Waals surface area contributed by atoms with Gasteiger partial charge in [-0.15, -0.1) is 33.3 Å². The number of nitrogens with zero attached hydrogens (tertiary/aromatic N) is 8. The van der Waals surface area contributed by atoms with E-state index in [2.05, 4.69) is 36.2 Å². The first kappa shape index (κ1) is 28.4. The second-order valence-corrected chi connectivity index (χ2v) is 11.9. The van der Waals surface area contributed by atoms with Crippen LogP contribution in [0.1, 0.15) is 19.5 Å². The number of fused-ring (bicyclic) bond motifs is 1. The van der Waals surface area contributed by atoms with Crippen LogP contribution >= 0.6 is 34.9 Å². The fourth-order valence-electron chi connectivity index (χ4n) is 4.11. The number of β-lactam (4-membered cyclic amide) rings is 1. The zero-order chi connectivity index (χ0) is 29.3. The van der Waals surface area contributed by atoms with Crippen LogP contribution in [0.15, 0.2) is 45.4 Å². The number of rotatable bonds is 11. The van der Waals surface area contributed by atoms with Crippen molar-refractivity contribution in [1.82, 2.24) is 39.9 Å². The smallest absolute Gasteiger partial charge is 0.352 e. The molecule has 3 aromatic rings. The van der Waals surface area contributed by atoms with Crippen LogP contribution in [-0.4, -0.2) is 99.2 Å².